The van der Waals surface area contributed by atoms with E-state index in [1.165, 1.54) is 11.3 Å². The molecule has 0 spiro atoms. The lowest BCUT2D eigenvalue weighted by Crippen LogP contribution is -2.35. The number of carbonyl (C=O) groups is 1. The van der Waals surface area contributed by atoms with E-state index in [2.05, 4.69) is 31.1 Å². The number of thiazole rings is 1. The van der Waals surface area contributed by atoms with Crippen molar-refractivity contribution in [1.29, 1.82) is 0 Å². The quantitative estimate of drug-likeness (QED) is 0.274. The zero-order chi connectivity index (χ0) is 22.3. The van der Waals surface area contributed by atoms with Gasteiger partial charge < -0.3 is 5.32 Å². The van der Waals surface area contributed by atoms with Crippen molar-refractivity contribution >= 4 is 39.7 Å². The van der Waals surface area contributed by atoms with Crippen LogP contribution in [-0.4, -0.2) is 25.8 Å². The largest absolute Gasteiger partial charge is 0.355 e. The third-order valence-electron chi connectivity index (χ3n) is 4.49. The Kier molecular flexibility index (Phi) is 6.28. The molecule has 2 aromatic heterocycles. The first kappa shape index (κ1) is 20.9. The highest BCUT2D eigenvalue weighted by molar-refractivity contribution is 7.13. The molecule has 1 amide bonds. The molecule has 2 heterocycles. The first-order valence-corrected chi connectivity index (χ1v) is 10.3. The number of amides is 1. The van der Waals surface area contributed by atoms with Gasteiger partial charge in [-0.15, -0.1) is 11.3 Å². The monoisotopic (exact) mass is 447 g/mol. The minimum Gasteiger partial charge on any atom is -0.310 e. The van der Waals surface area contributed by atoms with Gasteiger partial charge in [-0.3, -0.25) is 25.8 Å². The number of nitro groups is 1. The fourth-order valence-electron chi connectivity index (χ4n) is 3.10. The van der Waals surface area contributed by atoms with Crippen molar-refractivity contribution in [3.63, 3.8) is 0 Å². The van der Waals surface area contributed by atoms with Gasteiger partial charge >= 0.3 is 5.69 Å². The van der Waals surface area contributed by atoms with E-state index >= 15 is 0 Å². The highest BCUT2D eigenvalue weighted by Gasteiger charge is 2.26. The number of nitrogens with one attached hydrogen (secondary N) is 3. The Labute approximate surface area is 186 Å². The third-order valence-corrected chi connectivity index (χ3v) is 5.18. The molecule has 0 saturated heterocycles. The van der Waals surface area contributed by atoms with E-state index in [0.29, 0.717) is 5.13 Å². The molecule has 0 radical (unpaired) electrons. The molecule has 2 aromatic carbocycles. The molecule has 3 N–H and O–H groups in total. The van der Waals surface area contributed by atoms with Gasteiger partial charge in [-0.1, -0.05) is 60.7 Å². The Bertz CT molecular complexity index is 1170. The van der Waals surface area contributed by atoms with Crippen LogP contribution in [0.4, 0.5) is 22.5 Å². The van der Waals surface area contributed by atoms with Crippen LogP contribution in [0.25, 0.3) is 0 Å². The molecule has 0 bridgehead atoms. The Hall–Kier alpha value is -4.38. The standard InChI is InChI=1S/C21H17N7O3S/c29-20(16(14-7-3-1-4-8-14)15-9-5-2-6-10-15)27-26-19-17(28(30)31)18(23-13-24-19)25-21-22-11-12-32-21/h1-13,16H,(H,27,29)(H2,22,23,24,25,26). The summed E-state index contributed by atoms with van der Waals surface area (Å²) in [5, 5.41) is 16.7. The lowest BCUT2D eigenvalue weighted by Gasteiger charge is -2.18. The van der Waals surface area contributed by atoms with Crippen molar-refractivity contribution in [2.24, 2.45) is 0 Å². The molecule has 0 saturated carbocycles. The maximum Gasteiger partial charge on any atom is 0.355 e. The van der Waals surface area contributed by atoms with E-state index in [9.17, 15) is 14.9 Å². The molecule has 0 aliphatic heterocycles. The molecule has 32 heavy (non-hydrogen) atoms. The summed E-state index contributed by atoms with van der Waals surface area (Å²) < 4.78 is 0. The van der Waals surface area contributed by atoms with Crippen LogP contribution in [0, 0.1) is 10.1 Å². The number of anilines is 3. The van der Waals surface area contributed by atoms with E-state index in [1.54, 1.807) is 11.6 Å². The summed E-state index contributed by atoms with van der Waals surface area (Å²) in [4.78, 5) is 36.1. The Balaban J connectivity index is 1.59. The normalized spacial score (nSPS) is 10.5. The van der Waals surface area contributed by atoms with Crippen LogP contribution < -0.4 is 16.2 Å². The Morgan fingerprint density at radius 3 is 2.12 bits per heavy atom. The summed E-state index contributed by atoms with van der Waals surface area (Å²) in [6.07, 6.45) is 2.72. The number of rotatable bonds is 8. The van der Waals surface area contributed by atoms with Crippen molar-refractivity contribution in [2.45, 2.75) is 5.92 Å². The summed E-state index contributed by atoms with van der Waals surface area (Å²) in [7, 11) is 0. The van der Waals surface area contributed by atoms with Crippen LogP contribution in [0.3, 0.4) is 0 Å². The molecule has 0 atom stereocenters. The van der Waals surface area contributed by atoms with Gasteiger partial charge in [-0.25, -0.2) is 15.0 Å². The summed E-state index contributed by atoms with van der Waals surface area (Å²) in [6, 6.07) is 18.5. The van der Waals surface area contributed by atoms with E-state index in [1.807, 2.05) is 60.7 Å². The molecule has 4 aromatic rings. The summed E-state index contributed by atoms with van der Waals surface area (Å²) in [5.41, 5.74) is 6.28. The van der Waals surface area contributed by atoms with Crippen LogP contribution in [-0.2, 0) is 4.79 Å². The first-order valence-electron chi connectivity index (χ1n) is 9.45. The highest BCUT2D eigenvalue weighted by Crippen LogP contribution is 2.31. The third kappa shape index (κ3) is 4.68. The van der Waals surface area contributed by atoms with Crippen molar-refractivity contribution in [2.75, 3.05) is 10.7 Å². The number of nitrogens with zero attached hydrogens (tertiary/aromatic N) is 4. The molecule has 0 aliphatic carbocycles. The topological polar surface area (TPSA) is 135 Å². The van der Waals surface area contributed by atoms with Crippen molar-refractivity contribution < 1.29 is 9.72 Å². The molecule has 10 nitrogen and oxygen atoms in total. The lowest BCUT2D eigenvalue weighted by molar-refractivity contribution is -0.383. The Morgan fingerprint density at radius 2 is 1.56 bits per heavy atom. The second kappa shape index (κ2) is 9.62. The maximum atomic E-state index is 13.1. The minimum atomic E-state index is -0.629. The second-order valence-electron chi connectivity index (χ2n) is 6.51. The summed E-state index contributed by atoms with van der Waals surface area (Å²) >= 11 is 1.27. The van der Waals surface area contributed by atoms with Gasteiger partial charge in [0.2, 0.25) is 17.5 Å². The summed E-state index contributed by atoms with van der Waals surface area (Å²) in [5.74, 6) is -1.22. The van der Waals surface area contributed by atoms with Crippen LogP contribution in [0.15, 0.2) is 78.6 Å². The van der Waals surface area contributed by atoms with Gasteiger partial charge in [0.25, 0.3) is 0 Å². The minimum absolute atomic E-state index is 0.0423. The molecule has 0 unspecified atom stereocenters. The highest BCUT2D eigenvalue weighted by atomic mass is 32.1. The molecule has 160 valence electrons. The SMILES string of the molecule is O=C(NNc1ncnc(Nc2nccs2)c1[N+](=O)[O-])C(c1ccccc1)c1ccccc1. The predicted molar refractivity (Wildman–Crippen MR) is 121 cm³/mol. The van der Waals surface area contributed by atoms with Gasteiger partial charge in [0.05, 0.1) is 10.8 Å². The fourth-order valence-corrected chi connectivity index (χ4v) is 3.63. The molecule has 0 fully saturated rings. The number of aromatic nitrogens is 3. The van der Waals surface area contributed by atoms with E-state index in [4.69, 9.17) is 0 Å². The van der Waals surface area contributed by atoms with Gasteiger partial charge in [0, 0.05) is 11.6 Å². The predicted octanol–water partition coefficient (Wildman–Crippen LogP) is 3.86. The van der Waals surface area contributed by atoms with E-state index < -0.39 is 22.4 Å². The smallest absolute Gasteiger partial charge is 0.310 e. The average molecular weight is 447 g/mol. The Morgan fingerprint density at radius 1 is 0.938 bits per heavy atom. The summed E-state index contributed by atoms with van der Waals surface area (Å²) in [6.45, 7) is 0. The molecule has 0 aliphatic rings. The van der Waals surface area contributed by atoms with E-state index in [-0.39, 0.29) is 11.6 Å². The van der Waals surface area contributed by atoms with Gasteiger partial charge in [0.15, 0.2) is 5.13 Å². The molecular weight excluding hydrogens is 430 g/mol. The number of benzene rings is 2. The zero-order valence-corrected chi connectivity index (χ0v) is 17.3. The molecule has 4 rings (SSSR count). The molecular formula is C21H17N7O3S. The number of hydrogen-bond donors (Lipinski definition) is 3. The van der Waals surface area contributed by atoms with Gasteiger partial charge in [-0.2, -0.15) is 0 Å². The van der Waals surface area contributed by atoms with Crippen molar-refractivity contribution in [3.05, 3.63) is 99.8 Å². The van der Waals surface area contributed by atoms with Crippen LogP contribution in [0.5, 0.6) is 0 Å². The van der Waals surface area contributed by atoms with Gasteiger partial charge in [-0.05, 0) is 11.1 Å². The number of hydrogen-bond acceptors (Lipinski definition) is 9. The average Bonchev–Trinajstić information content (AvgIpc) is 3.32. The molecule has 11 heteroatoms. The fraction of sp³-hybridized carbons (Fsp3) is 0.0476. The lowest BCUT2D eigenvalue weighted by atomic mass is 9.91. The first-order chi connectivity index (χ1) is 15.6. The van der Waals surface area contributed by atoms with Crippen molar-refractivity contribution in [3.8, 4) is 0 Å². The van der Waals surface area contributed by atoms with Crippen molar-refractivity contribution in [1.82, 2.24) is 20.4 Å². The number of carbonyl (C=O) groups excluding carboxylic acids is 1. The van der Waals surface area contributed by atoms with Gasteiger partial charge in [0.1, 0.15) is 6.33 Å². The zero-order valence-electron chi connectivity index (χ0n) is 16.5. The second-order valence-corrected chi connectivity index (χ2v) is 7.40. The maximum absolute atomic E-state index is 13.1. The van der Waals surface area contributed by atoms with Crippen LogP contribution in [0.1, 0.15) is 17.0 Å². The van der Waals surface area contributed by atoms with Crippen LogP contribution in [0.2, 0.25) is 0 Å². The van der Waals surface area contributed by atoms with Crippen LogP contribution >= 0.6 is 11.3 Å². The number of hydrazine groups is 1. The van der Waals surface area contributed by atoms with E-state index in [0.717, 1.165) is 17.5 Å².